The van der Waals surface area contributed by atoms with Crippen LogP contribution in [0.1, 0.15) is 72.4 Å². The van der Waals surface area contributed by atoms with Gasteiger partial charge < -0.3 is 29.5 Å². The topological polar surface area (TPSA) is 140 Å². The second-order valence-corrected chi connectivity index (χ2v) is 13.7. The third-order valence-electron chi connectivity index (χ3n) is 9.20. The predicted octanol–water partition coefficient (Wildman–Crippen LogP) is 5.15. The van der Waals surface area contributed by atoms with Crippen molar-refractivity contribution in [3.05, 3.63) is 23.9 Å². The molecule has 3 aliphatic rings. The van der Waals surface area contributed by atoms with Crippen LogP contribution in [-0.4, -0.2) is 75.9 Å². The van der Waals surface area contributed by atoms with Crippen molar-refractivity contribution in [2.24, 2.45) is 23.2 Å². The fraction of sp³-hybridized carbons (Fsp3) is 0.656. The van der Waals surface area contributed by atoms with Gasteiger partial charge in [0.05, 0.1) is 24.7 Å². The fourth-order valence-electron chi connectivity index (χ4n) is 6.54. The van der Waals surface area contributed by atoms with E-state index < -0.39 is 71.4 Å². The van der Waals surface area contributed by atoms with Crippen LogP contribution in [-0.2, 0) is 20.2 Å². The number of aromatic nitrogens is 2. The van der Waals surface area contributed by atoms with E-state index in [4.69, 9.17) is 14.2 Å². The van der Waals surface area contributed by atoms with Gasteiger partial charge in [-0.05, 0) is 55.1 Å². The monoisotopic (exact) mass is 632 g/mol. The maximum Gasteiger partial charge on any atom is 0.408 e. The van der Waals surface area contributed by atoms with Gasteiger partial charge in [-0.15, -0.1) is 0 Å². The van der Waals surface area contributed by atoms with E-state index in [0.29, 0.717) is 18.6 Å². The highest BCUT2D eigenvalue weighted by atomic mass is 19.3. The zero-order valence-electron chi connectivity index (χ0n) is 26.5. The molecule has 2 amide bonds. The molecule has 2 aliphatic heterocycles. The van der Waals surface area contributed by atoms with E-state index in [1.807, 2.05) is 6.92 Å². The van der Waals surface area contributed by atoms with E-state index in [9.17, 15) is 19.5 Å². The molecule has 2 bridgehead atoms. The van der Waals surface area contributed by atoms with Crippen LogP contribution >= 0.6 is 0 Å². The summed E-state index contributed by atoms with van der Waals surface area (Å²) >= 11 is 0. The molecule has 1 unspecified atom stereocenters. The first kappa shape index (κ1) is 32.6. The van der Waals surface area contributed by atoms with Crippen molar-refractivity contribution >= 4 is 29.0 Å². The predicted molar refractivity (Wildman–Crippen MR) is 159 cm³/mol. The molecular weight excluding hydrogens is 590 g/mol. The maximum absolute atomic E-state index is 16.1. The number of nitrogens with zero attached hydrogens (tertiary/aromatic N) is 3. The minimum atomic E-state index is -3.42. The maximum atomic E-state index is 16.1. The molecule has 13 heteroatoms. The summed E-state index contributed by atoms with van der Waals surface area (Å²) in [5.74, 6) is -6.11. The molecule has 1 aromatic heterocycles. The van der Waals surface area contributed by atoms with E-state index in [1.165, 1.54) is 7.11 Å². The Kier molecular flexibility index (Phi) is 8.85. The molecule has 3 heterocycles. The Morgan fingerprint density at radius 2 is 1.89 bits per heavy atom. The number of benzene rings is 1. The zero-order valence-corrected chi connectivity index (χ0v) is 26.5. The molecule has 2 N–H and O–H groups in total. The number of carbonyl (C=O) groups is 3. The van der Waals surface area contributed by atoms with E-state index in [1.54, 1.807) is 45.9 Å². The average Bonchev–Trinajstić information content (AvgIpc) is 3.57. The molecule has 1 aromatic carbocycles. The number of fused-ring (bicyclic) bond motifs is 5. The standard InChI is InChI=1S/C32H42F2N4O7/c1-7-19-23-15-38(24(19)29(40)41)28(39)26(31(3,4)5)37-30(42)45-22-13-17(22)12-16(2)10-11-32(33,34)25-27(44-23)36-21-14-18(43-6)8-9-20(21)35-25/h8-9,14,16-17,19,22-24,26H,7,10-13,15H2,1-6H3,(H,37,42)(H,40,41)/t16?,17-,19-,22-,23+,24+,26-/m1/s1. The van der Waals surface area contributed by atoms with E-state index in [0.717, 1.165) is 4.90 Å². The van der Waals surface area contributed by atoms with Gasteiger partial charge in [0.1, 0.15) is 30.0 Å². The number of aliphatic carboxylic acids is 1. The molecule has 2 aromatic rings. The van der Waals surface area contributed by atoms with Gasteiger partial charge in [-0.1, -0.05) is 34.6 Å². The number of alkyl halides is 2. The van der Waals surface area contributed by atoms with Gasteiger partial charge in [0.25, 0.3) is 5.92 Å². The van der Waals surface area contributed by atoms with Gasteiger partial charge in [0.15, 0.2) is 5.69 Å². The SMILES string of the molecule is CC[C@@H]1[C@@H]2CN(C(=O)[C@H](C(C)(C)C)NC(=O)O[C@@H]3C[C@H]3CC(C)CCC(F)(F)c3nc4ccc(OC)cc4nc3O2)[C@@H]1C(=O)O. The van der Waals surface area contributed by atoms with Crippen LogP contribution in [0.3, 0.4) is 0 Å². The Hall–Kier alpha value is -3.77. The van der Waals surface area contributed by atoms with Crippen molar-refractivity contribution in [1.29, 1.82) is 0 Å². The minimum absolute atomic E-state index is 0.0254. The number of hydrogen-bond acceptors (Lipinski definition) is 8. The van der Waals surface area contributed by atoms with Crippen LogP contribution in [0.4, 0.5) is 13.6 Å². The molecule has 0 radical (unpaired) electrons. The molecule has 7 atom stereocenters. The second-order valence-electron chi connectivity index (χ2n) is 13.7. The van der Waals surface area contributed by atoms with Crippen LogP contribution in [0, 0.1) is 23.2 Å². The summed E-state index contributed by atoms with van der Waals surface area (Å²) in [6, 6.07) is 2.26. The number of rotatable bonds is 3. The Labute approximate surface area is 261 Å². The van der Waals surface area contributed by atoms with Crippen LogP contribution in [0.5, 0.6) is 11.6 Å². The summed E-state index contributed by atoms with van der Waals surface area (Å²) < 4.78 is 49.2. The van der Waals surface area contributed by atoms with Crippen molar-refractivity contribution in [2.45, 2.75) is 96.9 Å². The molecule has 5 rings (SSSR count). The van der Waals surface area contributed by atoms with Crippen molar-refractivity contribution in [1.82, 2.24) is 20.2 Å². The fourth-order valence-corrected chi connectivity index (χ4v) is 6.54. The first-order valence-corrected chi connectivity index (χ1v) is 15.5. The summed E-state index contributed by atoms with van der Waals surface area (Å²) in [6.45, 7) is 8.69. The first-order valence-electron chi connectivity index (χ1n) is 15.5. The highest BCUT2D eigenvalue weighted by molar-refractivity contribution is 5.90. The number of methoxy groups -OCH3 is 1. The van der Waals surface area contributed by atoms with Gasteiger partial charge >= 0.3 is 12.1 Å². The highest BCUT2D eigenvalue weighted by Crippen LogP contribution is 2.44. The van der Waals surface area contributed by atoms with Gasteiger partial charge in [0.2, 0.25) is 11.8 Å². The number of hydrogen-bond donors (Lipinski definition) is 2. The molecule has 1 saturated heterocycles. The summed E-state index contributed by atoms with van der Waals surface area (Å²) in [6.07, 6.45) is -1.01. The van der Waals surface area contributed by atoms with Crippen LogP contribution in [0.25, 0.3) is 11.0 Å². The molecular formula is C32H42F2N4O7. The van der Waals surface area contributed by atoms with Crippen molar-refractivity contribution in [3.8, 4) is 11.6 Å². The number of carboxylic acid groups (broad SMARTS) is 1. The van der Waals surface area contributed by atoms with Crippen LogP contribution < -0.4 is 14.8 Å². The number of alkyl carbamates (subject to hydrolysis) is 1. The van der Waals surface area contributed by atoms with E-state index in [-0.39, 0.29) is 48.4 Å². The largest absolute Gasteiger partial charge is 0.497 e. The average molecular weight is 633 g/mol. The van der Waals surface area contributed by atoms with Crippen molar-refractivity contribution < 1.29 is 42.5 Å². The molecule has 11 nitrogen and oxygen atoms in total. The van der Waals surface area contributed by atoms with Gasteiger partial charge in [0, 0.05) is 18.4 Å². The number of halogens is 2. The number of nitrogens with one attached hydrogen (secondary N) is 1. The normalized spacial score (nSPS) is 30.6. The van der Waals surface area contributed by atoms with Crippen LogP contribution in [0.2, 0.25) is 0 Å². The molecule has 246 valence electrons. The van der Waals surface area contributed by atoms with Crippen molar-refractivity contribution in [3.63, 3.8) is 0 Å². The molecule has 45 heavy (non-hydrogen) atoms. The number of ether oxygens (including phenoxy) is 3. The first-order chi connectivity index (χ1) is 21.1. The third kappa shape index (κ3) is 6.76. The Morgan fingerprint density at radius 1 is 1.16 bits per heavy atom. The lowest BCUT2D eigenvalue weighted by Crippen LogP contribution is -2.57. The smallest absolute Gasteiger partial charge is 0.408 e. The summed E-state index contributed by atoms with van der Waals surface area (Å²) in [5, 5.41) is 13.0. The molecule has 0 spiro atoms. The van der Waals surface area contributed by atoms with Gasteiger partial charge in [-0.25, -0.2) is 19.6 Å². The molecule has 2 fully saturated rings. The van der Waals surface area contributed by atoms with Gasteiger partial charge in [-0.2, -0.15) is 8.78 Å². The number of carboxylic acids is 1. The third-order valence-corrected chi connectivity index (χ3v) is 9.20. The lowest BCUT2D eigenvalue weighted by molar-refractivity contribution is -0.151. The summed E-state index contributed by atoms with van der Waals surface area (Å²) in [4.78, 5) is 49.6. The Bertz CT molecular complexity index is 1460. The van der Waals surface area contributed by atoms with Gasteiger partial charge in [-0.3, -0.25) is 4.79 Å². The van der Waals surface area contributed by atoms with E-state index >= 15 is 8.78 Å². The zero-order chi connectivity index (χ0) is 32.8. The van der Waals surface area contributed by atoms with E-state index in [2.05, 4.69) is 15.3 Å². The highest BCUT2D eigenvalue weighted by Gasteiger charge is 2.52. The Balaban J connectivity index is 1.61. The van der Waals surface area contributed by atoms with Crippen molar-refractivity contribution in [2.75, 3.05) is 13.7 Å². The number of amides is 2. The lowest BCUT2D eigenvalue weighted by Gasteiger charge is -2.34. The second kappa shape index (κ2) is 12.2. The lowest BCUT2D eigenvalue weighted by atomic mass is 9.85. The molecule has 1 aliphatic carbocycles. The quantitative estimate of drug-likeness (QED) is 0.470. The minimum Gasteiger partial charge on any atom is -0.497 e. The summed E-state index contributed by atoms with van der Waals surface area (Å²) in [5.41, 5.74) is -0.944. The Morgan fingerprint density at radius 3 is 2.53 bits per heavy atom. The number of carbonyl (C=O) groups excluding carboxylic acids is 2. The summed E-state index contributed by atoms with van der Waals surface area (Å²) in [7, 11) is 1.47. The van der Waals surface area contributed by atoms with Crippen LogP contribution in [0.15, 0.2) is 18.2 Å². The molecule has 1 saturated carbocycles.